The lowest BCUT2D eigenvalue weighted by molar-refractivity contribution is -0.141. The summed E-state index contributed by atoms with van der Waals surface area (Å²) < 4.78 is 0. The third-order valence-corrected chi connectivity index (χ3v) is 7.48. The monoisotopic (exact) mass is 628 g/mol. The number of likely N-dealkylation sites (tertiary alicyclic amines) is 1. The van der Waals surface area contributed by atoms with Gasteiger partial charge in [-0.1, -0.05) is 74.5 Å². The molecule has 4 atom stereocenters. The highest BCUT2D eigenvalue weighted by atomic mass is 16.7. The molecule has 0 aromatic heterocycles. The molecule has 2 aromatic rings. The number of nitrogens with one attached hydrogen (secondary N) is 5. The maximum absolute atomic E-state index is 12.1. The molecule has 0 saturated carbocycles. The van der Waals surface area contributed by atoms with Crippen LogP contribution in [0, 0.1) is 0 Å². The van der Waals surface area contributed by atoms with Crippen molar-refractivity contribution in [2.45, 2.75) is 89.8 Å². The number of hydrogen-bond acceptors (Lipinski definition) is 10. The van der Waals surface area contributed by atoms with Gasteiger partial charge in [-0.05, 0) is 56.7 Å². The van der Waals surface area contributed by atoms with E-state index in [1.165, 1.54) is 0 Å². The zero-order valence-electron chi connectivity index (χ0n) is 27.0. The third-order valence-electron chi connectivity index (χ3n) is 7.48. The van der Waals surface area contributed by atoms with E-state index in [4.69, 9.17) is 19.4 Å². The van der Waals surface area contributed by atoms with Gasteiger partial charge in [-0.2, -0.15) is 11.0 Å². The number of hydrogen-bond donors (Lipinski definition) is 5. The van der Waals surface area contributed by atoms with Gasteiger partial charge >= 0.3 is 0 Å². The van der Waals surface area contributed by atoms with Crippen LogP contribution in [-0.4, -0.2) is 74.2 Å². The predicted octanol–water partition coefficient (Wildman–Crippen LogP) is 2.91. The second-order valence-electron chi connectivity index (χ2n) is 11.4. The lowest BCUT2D eigenvalue weighted by Crippen LogP contribution is -2.54. The van der Waals surface area contributed by atoms with Crippen molar-refractivity contribution in [1.29, 1.82) is 0 Å². The first-order valence-electron chi connectivity index (χ1n) is 16.1. The minimum Gasteiger partial charge on any atom is -0.304 e. The number of carbonyl (C=O) groups excluding carboxylic acids is 2. The Morgan fingerprint density at radius 1 is 0.733 bits per heavy atom. The van der Waals surface area contributed by atoms with Crippen LogP contribution < -0.4 is 27.2 Å². The van der Waals surface area contributed by atoms with Gasteiger partial charge < -0.3 is 5.32 Å². The number of benzene rings is 2. The van der Waals surface area contributed by atoms with Gasteiger partial charge in [0.1, 0.15) is 0 Å². The van der Waals surface area contributed by atoms with Crippen molar-refractivity contribution >= 4 is 11.8 Å². The number of likely N-dealkylation sites (N-methyl/N-ethyl adjacent to an activating group) is 1. The van der Waals surface area contributed by atoms with Crippen LogP contribution in [0.2, 0.25) is 0 Å². The van der Waals surface area contributed by atoms with E-state index in [2.05, 4.69) is 27.2 Å². The molecule has 2 heterocycles. The minimum absolute atomic E-state index is 0.0652. The Morgan fingerprint density at radius 3 is 1.78 bits per heavy atom. The van der Waals surface area contributed by atoms with Gasteiger partial charge in [-0.3, -0.25) is 33.8 Å². The summed E-state index contributed by atoms with van der Waals surface area (Å²) in [5.74, 6) is -0.165. The molecular formula is C33H52N6O6. The summed E-state index contributed by atoms with van der Waals surface area (Å²) >= 11 is 0. The van der Waals surface area contributed by atoms with Crippen molar-refractivity contribution in [3.63, 3.8) is 0 Å². The fraction of sp³-hybridized carbons (Fsp3) is 0.576. The average Bonchev–Trinajstić information content (AvgIpc) is 3.06. The maximum atomic E-state index is 12.1. The molecule has 2 fully saturated rings. The Balaban J connectivity index is 0.000000246. The van der Waals surface area contributed by atoms with Crippen molar-refractivity contribution in [2.75, 3.05) is 33.4 Å². The summed E-state index contributed by atoms with van der Waals surface area (Å²) in [5.41, 5.74) is 13.4. The van der Waals surface area contributed by atoms with Crippen LogP contribution in [-0.2, 0) is 42.2 Å². The molecule has 2 saturated heterocycles. The molecule has 45 heavy (non-hydrogen) atoms. The molecule has 12 nitrogen and oxygen atoms in total. The molecule has 0 aliphatic carbocycles. The van der Waals surface area contributed by atoms with Crippen molar-refractivity contribution in [2.24, 2.45) is 0 Å². The Labute approximate surface area is 267 Å². The highest BCUT2D eigenvalue weighted by Crippen LogP contribution is 2.16. The second-order valence-corrected chi connectivity index (χ2v) is 11.4. The van der Waals surface area contributed by atoms with E-state index in [9.17, 15) is 9.59 Å². The van der Waals surface area contributed by atoms with E-state index in [0.717, 1.165) is 56.2 Å². The first-order chi connectivity index (χ1) is 22.0. The lowest BCUT2D eigenvalue weighted by Gasteiger charge is -2.36. The molecule has 4 rings (SSSR count). The van der Waals surface area contributed by atoms with E-state index in [-0.39, 0.29) is 36.0 Å². The molecule has 2 aliphatic heterocycles. The molecule has 2 amide bonds. The standard InChI is InChI=1S/C17H27N3O3.C16H25N3O3/c1-3-11-22-19-17(21)16-10-9-15(12-20(16)2)18-23-13-14-7-5-4-6-8-14;1-2-10-21-19-16(20)15-9-8-14(11-17-15)18-22-12-13-6-4-3-5-7-13/h4-8,15-16,18H,3,9-13H2,1-2H3,(H,19,21);3-7,14-15,17-18H,2,8-12H2,1H3,(H,19,20)/t15-,16?;14-,15?/m11/s1. The van der Waals surface area contributed by atoms with Gasteiger partial charge in [-0.25, -0.2) is 11.0 Å². The van der Waals surface area contributed by atoms with Crippen molar-refractivity contribution < 1.29 is 28.9 Å². The summed E-state index contributed by atoms with van der Waals surface area (Å²) in [6.07, 6.45) is 5.07. The van der Waals surface area contributed by atoms with Crippen molar-refractivity contribution in [1.82, 2.24) is 32.1 Å². The molecule has 250 valence electrons. The largest absolute Gasteiger partial charge is 0.304 e. The van der Waals surface area contributed by atoms with Gasteiger partial charge in [0.2, 0.25) is 0 Å². The molecule has 2 unspecified atom stereocenters. The van der Waals surface area contributed by atoms with Crippen LogP contribution in [0.4, 0.5) is 0 Å². The van der Waals surface area contributed by atoms with Gasteiger partial charge in [0, 0.05) is 25.2 Å². The topological polar surface area (TPSA) is 134 Å². The summed E-state index contributed by atoms with van der Waals surface area (Å²) in [7, 11) is 1.95. The highest BCUT2D eigenvalue weighted by molar-refractivity contribution is 5.81. The predicted molar refractivity (Wildman–Crippen MR) is 172 cm³/mol. The summed E-state index contributed by atoms with van der Waals surface area (Å²) in [5, 5.41) is 3.21. The Hall–Kier alpha value is -2.94. The quantitative estimate of drug-likeness (QED) is 0.140. The molecule has 5 N–H and O–H groups in total. The zero-order chi connectivity index (χ0) is 32.1. The fourth-order valence-corrected chi connectivity index (χ4v) is 4.98. The van der Waals surface area contributed by atoms with Gasteiger partial charge in [-0.15, -0.1) is 0 Å². The molecular weight excluding hydrogens is 576 g/mol. The number of hydroxylamine groups is 4. The van der Waals surface area contributed by atoms with Gasteiger partial charge in [0.05, 0.1) is 38.5 Å². The van der Waals surface area contributed by atoms with Crippen LogP contribution in [0.3, 0.4) is 0 Å². The highest BCUT2D eigenvalue weighted by Gasteiger charge is 2.31. The van der Waals surface area contributed by atoms with Crippen LogP contribution in [0.15, 0.2) is 60.7 Å². The van der Waals surface area contributed by atoms with Crippen molar-refractivity contribution in [3.8, 4) is 0 Å². The van der Waals surface area contributed by atoms with Crippen LogP contribution in [0.25, 0.3) is 0 Å². The maximum Gasteiger partial charge on any atom is 0.260 e. The normalized spacial score (nSPS) is 21.8. The molecule has 12 heteroatoms. The van der Waals surface area contributed by atoms with Crippen LogP contribution >= 0.6 is 0 Å². The minimum atomic E-state index is -0.191. The summed E-state index contributed by atoms with van der Waals surface area (Å²) in [4.78, 5) is 47.2. The van der Waals surface area contributed by atoms with Crippen molar-refractivity contribution in [3.05, 3.63) is 71.8 Å². The van der Waals surface area contributed by atoms with Gasteiger partial charge in [0.25, 0.3) is 11.8 Å². The number of carbonyl (C=O) groups is 2. The summed E-state index contributed by atoms with van der Waals surface area (Å²) in [6.45, 7) is 7.61. The third kappa shape index (κ3) is 14.4. The van der Waals surface area contributed by atoms with Crippen LogP contribution in [0.5, 0.6) is 0 Å². The van der Waals surface area contributed by atoms with Gasteiger partial charge in [0.15, 0.2) is 0 Å². The lowest BCUT2D eigenvalue weighted by atomic mass is 9.99. The first-order valence-corrected chi connectivity index (χ1v) is 16.1. The molecule has 0 radical (unpaired) electrons. The van der Waals surface area contributed by atoms with E-state index in [1.54, 1.807) is 0 Å². The molecule has 0 bridgehead atoms. The Kier molecular flexibility index (Phi) is 17.6. The zero-order valence-corrected chi connectivity index (χ0v) is 27.0. The second kappa shape index (κ2) is 21.7. The van der Waals surface area contributed by atoms with E-state index < -0.39 is 0 Å². The Morgan fingerprint density at radius 2 is 1.27 bits per heavy atom. The van der Waals surface area contributed by atoms with E-state index >= 15 is 0 Å². The number of nitrogens with zero attached hydrogens (tertiary/aromatic N) is 1. The van der Waals surface area contributed by atoms with Crippen LogP contribution in [0.1, 0.15) is 63.5 Å². The van der Waals surface area contributed by atoms with E-state index in [0.29, 0.717) is 33.0 Å². The fourth-order valence-electron chi connectivity index (χ4n) is 4.98. The SMILES string of the molecule is CCCONC(=O)C1CC[C@@H](NOCc2ccccc2)CN1.CCCONC(=O)C1CC[C@@H](NOCc2ccccc2)CN1C. The Bertz CT molecular complexity index is 1070. The molecule has 2 aromatic carbocycles. The van der Waals surface area contributed by atoms with E-state index in [1.807, 2.05) is 86.5 Å². The molecule has 2 aliphatic rings. The summed E-state index contributed by atoms with van der Waals surface area (Å²) in [6, 6.07) is 20.2. The number of amides is 2. The molecule has 0 spiro atoms. The number of rotatable bonds is 16. The number of piperidine rings is 2. The smallest absolute Gasteiger partial charge is 0.260 e. The average molecular weight is 629 g/mol. The first kappa shape index (κ1) is 36.5.